The highest BCUT2D eigenvalue weighted by molar-refractivity contribution is 5.82. The zero-order valence-electron chi connectivity index (χ0n) is 12.6. The molecule has 1 saturated heterocycles. The summed E-state index contributed by atoms with van der Waals surface area (Å²) in [6, 6.07) is 0. The predicted molar refractivity (Wildman–Crippen MR) is 75.9 cm³/mol. The molecular formula is C15H28N2O2. The molecule has 1 spiro atoms. The van der Waals surface area contributed by atoms with E-state index in [1.165, 1.54) is 0 Å². The van der Waals surface area contributed by atoms with E-state index in [2.05, 4.69) is 24.5 Å². The lowest BCUT2D eigenvalue weighted by molar-refractivity contribution is -0.123. The standard InChI is InChI=1S/C15H28N2O2/c1-14(2,6-9-19-3)11-17-13(18)12-10-15(12)4-7-16-8-5-15/h12,16H,4-11H2,1-3H3,(H,17,18). The van der Waals surface area contributed by atoms with E-state index in [-0.39, 0.29) is 17.2 Å². The van der Waals surface area contributed by atoms with Crippen LogP contribution in [-0.2, 0) is 9.53 Å². The molecule has 0 aromatic rings. The Bertz CT molecular complexity index is 322. The topological polar surface area (TPSA) is 50.4 Å². The van der Waals surface area contributed by atoms with Crippen molar-refractivity contribution in [2.75, 3.05) is 33.4 Å². The molecule has 2 N–H and O–H groups in total. The number of nitrogens with one attached hydrogen (secondary N) is 2. The van der Waals surface area contributed by atoms with E-state index in [0.717, 1.165) is 51.9 Å². The summed E-state index contributed by atoms with van der Waals surface area (Å²) in [6.45, 7) is 8.01. The molecule has 2 rings (SSSR count). The maximum absolute atomic E-state index is 12.2. The summed E-state index contributed by atoms with van der Waals surface area (Å²) >= 11 is 0. The Morgan fingerprint density at radius 2 is 2.11 bits per heavy atom. The van der Waals surface area contributed by atoms with Crippen LogP contribution in [0.4, 0.5) is 0 Å². The summed E-state index contributed by atoms with van der Waals surface area (Å²) in [5, 5.41) is 6.52. The van der Waals surface area contributed by atoms with Crippen LogP contribution in [-0.4, -0.2) is 39.3 Å². The minimum atomic E-state index is 0.113. The maximum atomic E-state index is 12.2. The number of hydrogen-bond acceptors (Lipinski definition) is 3. The fraction of sp³-hybridized carbons (Fsp3) is 0.933. The molecule has 1 unspecified atom stereocenters. The number of carbonyl (C=O) groups excluding carboxylic acids is 1. The van der Waals surface area contributed by atoms with E-state index in [4.69, 9.17) is 4.74 Å². The Kier molecular flexibility index (Phi) is 4.51. The van der Waals surface area contributed by atoms with Crippen molar-refractivity contribution in [2.24, 2.45) is 16.7 Å². The quantitative estimate of drug-likeness (QED) is 0.768. The van der Waals surface area contributed by atoms with Crippen LogP contribution in [0.1, 0.15) is 39.5 Å². The van der Waals surface area contributed by atoms with Gasteiger partial charge in [0.25, 0.3) is 0 Å². The Morgan fingerprint density at radius 3 is 2.74 bits per heavy atom. The highest BCUT2D eigenvalue weighted by Crippen LogP contribution is 2.58. The van der Waals surface area contributed by atoms with Crippen molar-refractivity contribution >= 4 is 5.91 Å². The van der Waals surface area contributed by atoms with Crippen LogP contribution in [0.2, 0.25) is 0 Å². The Hall–Kier alpha value is -0.610. The lowest BCUT2D eigenvalue weighted by Gasteiger charge is -2.26. The van der Waals surface area contributed by atoms with Crippen molar-refractivity contribution < 1.29 is 9.53 Å². The summed E-state index contributed by atoms with van der Waals surface area (Å²) in [6.07, 6.45) is 4.40. The molecule has 1 aliphatic carbocycles. The number of ether oxygens (including phenoxy) is 1. The van der Waals surface area contributed by atoms with Crippen LogP contribution in [0.25, 0.3) is 0 Å². The molecule has 0 aromatic heterocycles. The van der Waals surface area contributed by atoms with Gasteiger partial charge in [0, 0.05) is 26.2 Å². The van der Waals surface area contributed by atoms with Gasteiger partial charge in [0.05, 0.1) is 0 Å². The lowest BCUT2D eigenvalue weighted by Crippen LogP contribution is -2.38. The zero-order chi connectivity index (χ0) is 13.9. The van der Waals surface area contributed by atoms with Gasteiger partial charge in [-0.05, 0) is 49.6 Å². The third-order valence-corrected chi connectivity index (χ3v) is 4.83. The molecule has 2 fully saturated rings. The normalized spacial score (nSPS) is 25.3. The first-order valence-electron chi connectivity index (χ1n) is 7.47. The third-order valence-electron chi connectivity index (χ3n) is 4.83. The molecule has 1 saturated carbocycles. The van der Waals surface area contributed by atoms with Crippen molar-refractivity contribution in [1.29, 1.82) is 0 Å². The lowest BCUT2D eigenvalue weighted by atomic mass is 9.89. The Labute approximate surface area is 116 Å². The average molecular weight is 268 g/mol. The predicted octanol–water partition coefficient (Wildman–Crippen LogP) is 1.55. The first-order chi connectivity index (χ1) is 8.99. The molecule has 0 radical (unpaired) electrons. The van der Waals surface area contributed by atoms with Gasteiger partial charge in [-0.2, -0.15) is 0 Å². The second-order valence-corrected chi connectivity index (χ2v) is 6.99. The van der Waals surface area contributed by atoms with Crippen LogP contribution in [0.3, 0.4) is 0 Å². The van der Waals surface area contributed by atoms with Crippen molar-refractivity contribution in [3.05, 3.63) is 0 Å². The molecule has 19 heavy (non-hydrogen) atoms. The number of rotatable bonds is 6. The van der Waals surface area contributed by atoms with Crippen molar-refractivity contribution in [1.82, 2.24) is 10.6 Å². The van der Waals surface area contributed by atoms with E-state index < -0.39 is 0 Å². The summed E-state index contributed by atoms with van der Waals surface area (Å²) in [4.78, 5) is 12.2. The van der Waals surface area contributed by atoms with E-state index in [1.54, 1.807) is 7.11 Å². The zero-order valence-corrected chi connectivity index (χ0v) is 12.6. The summed E-state index contributed by atoms with van der Waals surface area (Å²) in [7, 11) is 1.72. The van der Waals surface area contributed by atoms with Crippen LogP contribution in [0.15, 0.2) is 0 Å². The van der Waals surface area contributed by atoms with Crippen LogP contribution in [0, 0.1) is 16.7 Å². The molecule has 4 heteroatoms. The van der Waals surface area contributed by atoms with Gasteiger partial charge in [-0.1, -0.05) is 13.8 Å². The minimum absolute atomic E-state index is 0.113. The molecule has 1 heterocycles. The molecule has 0 bridgehead atoms. The highest BCUT2D eigenvalue weighted by atomic mass is 16.5. The van der Waals surface area contributed by atoms with Crippen molar-refractivity contribution in [3.8, 4) is 0 Å². The smallest absolute Gasteiger partial charge is 0.223 e. The first kappa shape index (κ1) is 14.8. The minimum Gasteiger partial charge on any atom is -0.385 e. The fourth-order valence-corrected chi connectivity index (χ4v) is 3.11. The molecular weight excluding hydrogens is 240 g/mol. The molecule has 2 aliphatic rings. The number of methoxy groups -OCH3 is 1. The van der Waals surface area contributed by atoms with E-state index in [1.807, 2.05) is 0 Å². The monoisotopic (exact) mass is 268 g/mol. The third kappa shape index (κ3) is 3.69. The van der Waals surface area contributed by atoms with Gasteiger partial charge in [-0.25, -0.2) is 0 Å². The van der Waals surface area contributed by atoms with Gasteiger partial charge in [-0.3, -0.25) is 4.79 Å². The van der Waals surface area contributed by atoms with E-state index >= 15 is 0 Å². The van der Waals surface area contributed by atoms with Gasteiger partial charge < -0.3 is 15.4 Å². The second kappa shape index (κ2) is 5.80. The van der Waals surface area contributed by atoms with Gasteiger partial charge in [-0.15, -0.1) is 0 Å². The Morgan fingerprint density at radius 1 is 1.42 bits per heavy atom. The van der Waals surface area contributed by atoms with E-state index in [9.17, 15) is 4.79 Å². The average Bonchev–Trinajstić information content (AvgIpc) is 3.08. The van der Waals surface area contributed by atoms with Crippen LogP contribution in [0.5, 0.6) is 0 Å². The van der Waals surface area contributed by atoms with Gasteiger partial charge >= 0.3 is 0 Å². The highest BCUT2D eigenvalue weighted by Gasteiger charge is 2.57. The van der Waals surface area contributed by atoms with Crippen LogP contribution < -0.4 is 10.6 Å². The molecule has 110 valence electrons. The summed E-state index contributed by atoms with van der Waals surface area (Å²) in [5.74, 6) is 0.542. The van der Waals surface area contributed by atoms with Crippen LogP contribution >= 0.6 is 0 Å². The van der Waals surface area contributed by atoms with Gasteiger partial charge in [0.15, 0.2) is 0 Å². The second-order valence-electron chi connectivity index (χ2n) is 6.99. The summed E-state index contributed by atoms with van der Waals surface area (Å²) in [5.41, 5.74) is 0.452. The fourth-order valence-electron chi connectivity index (χ4n) is 3.11. The number of carbonyl (C=O) groups is 1. The number of hydrogen-bond donors (Lipinski definition) is 2. The van der Waals surface area contributed by atoms with Gasteiger partial charge in [0.2, 0.25) is 5.91 Å². The maximum Gasteiger partial charge on any atom is 0.223 e. The van der Waals surface area contributed by atoms with Gasteiger partial charge in [0.1, 0.15) is 0 Å². The molecule has 1 aliphatic heterocycles. The Balaban J connectivity index is 1.73. The SMILES string of the molecule is COCCC(C)(C)CNC(=O)C1CC12CCNCC2. The number of amides is 1. The molecule has 0 aromatic carbocycles. The molecule has 4 nitrogen and oxygen atoms in total. The van der Waals surface area contributed by atoms with Crippen molar-refractivity contribution in [2.45, 2.75) is 39.5 Å². The molecule has 1 amide bonds. The number of piperidine rings is 1. The summed E-state index contributed by atoms with van der Waals surface area (Å²) < 4.78 is 5.11. The van der Waals surface area contributed by atoms with E-state index in [0.29, 0.717) is 5.41 Å². The largest absolute Gasteiger partial charge is 0.385 e. The first-order valence-corrected chi connectivity index (χ1v) is 7.47. The van der Waals surface area contributed by atoms with Crippen molar-refractivity contribution in [3.63, 3.8) is 0 Å². The molecule has 1 atom stereocenters.